The van der Waals surface area contributed by atoms with Gasteiger partial charge < -0.3 is 0 Å². The summed E-state index contributed by atoms with van der Waals surface area (Å²) in [6, 6.07) is 3.88. The minimum absolute atomic E-state index is 0.136. The van der Waals surface area contributed by atoms with Crippen LogP contribution in [0.3, 0.4) is 0 Å². The normalized spacial score (nSPS) is 13.3. The molecule has 0 aliphatic rings. The Balaban J connectivity index is 2.11. The first-order valence-corrected chi connectivity index (χ1v) is 8.04. The van der Waals surface area contributed by atoms with E-state index in [0.29, 0.717) is 5.56 Å². The summed E-state index contributed by atoms with van der Waals surface area (Å²) in [4.78, 5) is -0.336. The second-order valence-corrected chi connectivity index (χ2v) is 6.87. The van der Waals surface area contributed by atoms with Crippen LogP contribution in [0.5, 0.6) is 0 Å². The molecule has 7 heteroatoms. The number of rotatable bonds is 5. The van der Waals surface area contributed by atoms with Gasteiger partial charge in [-0.3, -0.25) is 4.68 Å². The van der Waals surface area contributed by atoms with E-state index in [2.05, 4.69) is 9.82 Å². The Labute approximate surface area is 123 Å². The van der Waals surface area contributed by atoms with Crippen LogP contribution >= 0.6 is 0 Å². The summed E-state index contributed by atoms with van der Waals surface area (Å²) in [5.74, 6) is -0.745. The number of nitrogens with zero attached hydrogens (tertiary/aromatic N) is 2. The molecule has 1 aromatic heterocycles. The highest BCUT2D eigenvalue weighted by Crippen LogP contribution is 2.16. The van der Waals surface area contributed by atoms with Gasteiger partial charge in [0, 0.05) is 12.7 Å². The Hall–Kier alpha value is -1.73. The molecular formula is C14H18FN3O2S. The number of aromatic nitrogens is 2. The fourth-order valence-corrected chi connectivity index (χ4v) is 3.08. The predicted octanol–water partition coefficient (Wildman–Crippen LogP) is 2.18. The molecule has 0 bridgehead atoms. The summed E-state index contributed by atoms with van der Waals surface area (Å²) in [5.41, 5.74) is 1.67. The number of nitrogens with one attached hydrogen (secondary N) is 1. The SMILES string of the molecule is Cc1ccc(S(=O)(=O)NC[C@@H](C)n2cc(C)cn2)c(F)c1. The van der Waals surface area contributed by atoms with Gasteiger partial charge in [-0.15, -0.1) is 0 Å². The number of aryl methyl sites for hydroxylation is 2. The minimum atomic E-state index is -3.87. The van der Waals surface area contributed by atoms with E-state index in [0.717, 1.165) is 5.56 Å². The molecule has 0 amide bonds. The van der Waals surface area contributed by atoms with Gasteiger partial charge in [0.05, 0.1) is 12.2 Å². The molecule has 1 N–H and O–H groups in total. The molecule has 21 heavy (non-hydrogen) atoms. The summed E-state index contributed by atoms with van der Waals surface area (Å²) in [6.07, 6.45) is 3.52. The van der Waals surface area contributed by atoms with Gasteiger partial charge in [0.1, 0.15) is 10.7 Å². The Bertz CT molecular complexity index is 740. The van der Waals surface area contributed by atoms with E-state index in [1.807, 2.05) is 20.0 Å². The van der Waals surface area contributed by atoms with Gasteiger partial charge in [-0.25, -0.2) is 17.5 Å². The van der Waals surface area contributed by atoms with Gasteiger partial charge in [-0.1, -0.05) is 6.07 Å². The Morgan fingerprint density at radius 1 is 1.33 bits per heavy atom. The molecule has 0 aliphatic carbocycles. The average Bonchev–Trinajstić information content (AvgIpc) is 2.82. The predicted molar refractivity (Wildman–Crippen MR) is 78.0 cm³/mol. The second-order valence-electron chi connectivity index (χ2n) is 5.13. The van der Waals surface area contributed by atoms with Gasteiger partial charge in [0.2, 0.25) is 10.0 Å². The second kappa shape index (κ2) is 5.95. The summed E-state index contributed by atoms with van der Waals surface area (Å²) in [7, 11) is -3.87. The number of sulfonamides is 1. The molecule has 1 aromatic carbocycles. The van der Waals surface area contributed by atoms with Gasteiger partial charge in [-0.2, -0.15) is 5.10 Å². The summed E-state index contributed by atoms with van der Waals surface area (Å²) >= 11 is 0. The highest BCUT2D eigenvalue weighted by molar-refractivity contribution is 7.89. The monoisotopic (exact) mass is 311 g/mol. The smallest absolute Gasteiger partial charge is 0.243 e. The molecule has 0 aliphatic heterocycles. The van der Waals surface area contributed by atoms with Gasteiger partial charge in [0.25, 0.3) is 0 Å². The summed E-state index contributed by atoms with van der Waals surface area (Å²) < 4.78 is 42.1. The van der Waals surface area contributed by atoms with Crippen molar-refractivity contribution < 1.29 is 12.8 Å². The maximum absolute atomic E-state index is 13.8. The lowest BCUT2D eigenvalue weighted by Crippen LogP contribution is -2.30. The number of hydrogen-bond donors (Lipinski definition) is 1. The third-order valence-electron chi connectivity index (χ3n) is 3.13. The van der Waals surface area contributed by atoms with E-state index in [9.17, 15) is 12.8 Å². The lowest BCUT2D eigenvalue weighted by Gasteiger charge is -2.14. The molecule has 1 heterocycles. The zero-order chi connectivity index (χ0) is 15.6. The van der Waals surface area contributed by atoms with E-state index in [4.69, 9.17) is 0 Å². The fourth-order valence-electron chi connectivity index (χ4n) is 1.90. The molecule has 0 radical (unpaired) electrons. The van der Waals surface area contributed by atoms with Crippen molar-refractivity contribution >= 4 is 10.0 Å². The van der Waals surface area contributed by atoms with Crippen LogP contribution in [0.2, 0.25) is 0 Å². The lowest BCUT2D eigenvalue weighted by atomic mass is 10.2. The Kier molecular flexibility index (Phi) is 4.43. The first kappa shape index (κ1) is 15.7. The van der Waals surface area contributed by atoms with Crippen molar-refractivity contribution in [1.82, 2.24) is 14.5 Å². The van der Waals surface area contributed by atoms with E-state index in [-0.39, 0.29) is 17.5 Å². The van der Waals surface area contributed by atoms with Crippen LogP contribution in [0.25, 0.3) is 0 Å². The van der Waals surface area contributed by atoms with E-state index in [1.165, 1.54) is 12.1 Å². The van der Waals surface area contributed by atoms with Gasteiger partial charge in [0.15, 0.2) is 0 Å². The van der Waals surface area contributed by atoms with Crippen molar-refractivity contribution in [3.05, 3.63) is 47.5 Å². The number of benzene rings is 1. The largest absolute Gasteiger partial charge is 0.268 e. The van der Waals surface area contributed by atoms with Crippen molar-refractivity contribution in [2.45, 2.75) is 31.7 Å². The molecule has 5 nitrogen and oxygen atoms in total. The highest BCUT2D eigenvalue weighted by atomic mass is 32.2. The molecule has 0 unspecified atom stereocenters. The highest BCUT2D eigenvalue weighted by Gasteiger charge is 2.20. The van der Waals surface area contributed by atoms with Crippen molar-refractivity contribution in [2.75, 3.05) is 6.54 Å². The van der Waals surface area contributed by atoms with Crippen LogP contribution in [0.15, 0.2) is 35.5 Å². The first-order valence-electron chi connectivity index (χ1n) is 6.56. The van der Waals surface area contributed by atoms with Gasteiger partial charge >= 0.3 is 0 Å². The standard InChI is InChI=1S/C14H18FN3O2S/c1-10-4-5-14(13(15)6-10)21(19,20)17-8-12(3)18-9-11(2)7-16-18/h4-7,9,12,17H,8H2,1-3H3/t12-/m1/s1. The average molecular weight is 311 g/mol. The van der Waals surface area contributed by atoms with Gasteiger partial charge in [-0.05, 0) is 44.0 Å². The third kappa shape index (κ3) is 3.68. The van der Waals surface area contributed by atoms with Crippen LogP contribution in [-0.4, -0.2) is 24.7 Å². The van der Waals surface area contributed by atoms with Crippen molar-refractivity contribution in [3.8, 4) is 0 Å². The van der Waals surface area contributed by atoms with E-state index >= 15 is 0 Å². The maximum atomic E-state index is 13.8. The molecule has 0 saturated heterocycles. The summed E-state index contributed by atoms with van der Waals surface area (Å²) in [6.45, 7) is 5.58. The van der Waals surface area contributed by atoms with Crippen LogP contribution in [0.4, 0.5) is 4.39 Å². The molecular weight excluding hydrogens is 293 g/mol. The molecule has 2 rings (SSSR count). The summed E-state index contributed by atoms with van der Waals surface area (Å²) in [5, 5.41) is 4.13. The molecule has 2 aromatic rings. The van der Waals surface area contributed by atoms with Crippen molar-refractivity contribution in [1.29, 1.82) is 0 Å². The first-order chi connectivity index (χ1) is 9.79. The topological polar surface area (TPSA) is 64.0 Å². The Morgan fingerprint density at radius 3 is 2.62 bits per heavy atom. The van der Waals surface area contributed by atoms with Crippen LogP contribution < -0.4 is 4.72 Å². The van der Waals surface area contributed by atoms with Crippen molar-refractivity contribution in [2.24, 2.45) is 0 Å². The zero-order valence-corrected chi connectivity index (χ0v) is 13.0. The number of halogens is 1. The number of hydrogen-bond acceptors (Lipinski definition) is 3. The van der Waals surface area contributed by atoms with Crippen LogP contribution in [0, 0.1) is 19.7 Å². The quantitative estimate of drug-likeness (QED) is 0.920. The molecule has 1 atom stereocenters. The van der Waals surface area contributed by atoms with E-state index < -0.39 is 15.8 Å². The third-order valence-corrected chi connectivity index (χ3v) is 4.58. The Morgan fingerprint density at radius 2 is 2.05 bits per heavy atom. The van der Waals surface area contributed by atoms with Crippen LogP contribution in [-0.2, 0) is 10.0 Å². The molecule has 0 spiro atoms. The zero-order valence-electron chi connectivity index (χ0n) is 12.2. The maximum Gasteiger partial charge on any atom is 0.243 e. The molecule has 114 valence electrons. The minimum Gasteiger partial charge on any atom is -0.268 e. The lowest BCUT2D eigenvalue weighted by molar-refractivity contribution is 0.477. The van der Waals surface area contributed by atoms with Crippen LogP contribution in [0.1, 0.15) is 24.1 Å². The van der Waals surface area contributed by atoms with E-state index in [1.54, 1.807) is 23.9 Å². The fraction of sp³-hybridized carbons (Fsp3) is 0.357. The molecule has 0 saturated carbocycles. The molecule has 0 fully saturated rings. The van der Waals surface area contributed by atoms with Crippen molar-refractivity contribution in [3.63, 3.8) is 0 Å².